The van der Waals surface area contributed by atoms with Crippen LogP contribution in [0.4, 0.5) is 4.39 Å². The second-order valence-corrected chi connectivity index (χ2v) is 6.30. The molecule has 1 aromatic carbocycles. The Morgan fingerprint density at radius 3 is 2.74 bits per heavy atom. The summed E-state index contributed by atoms with van der Waals surface area (Å²) in [5.41, 5.74) is 4.22. The van der Waals surface area contributed by atoms with Crippen LogP contribution in [0.15, 0.2) is 48.7 Å². The summed E-state index contributed by atoms with van der Waals surface area (Å²) in [5.74, 6) is 0.442. The van der Waals surface area contributed by atoms with Crippen molar-refractivity contribution in [2.45, 2.75) is 25.3 Å². The Labute approximate surface area is 135 Å². The van der Waals surface area contributed by atoms with E-state index in [9.17, 15) is 4.39 Å². The van der Waals surface area contributed by atoms with E-state index in [0.717, 1.165) is 42.5 Å². The molecular formula is C19H20FN3. The maximum atomic E-state index is 13.8. The van der Waals surface area contributed by atoms with Gasteiger partial charge in [0.2, 0.25) is 0 Å². The lowest BCUT2D eigenvalue weighted by Crippen LogP contribution is -2.32. The van der Waals surface area contributed by atoms with E-state index in [2.05, 4.69) is 27.0 Å². The van der Waals surface area contributed by atoms with Crippen LogP contribution >= 0.6 is 0 Å². The van der Waals surface area contributed by atoms with Gasteiger partial charge in [0.25, 0.3) is 0 Å². The van der Waals surface area contributed by atoms with Gasteiger partial charge in [-0.1, -0.05) is 18.2 Å². The molecule has 3 nitrogen and oxygen atoms in total. The molecule has 1 aliphatic heterocycles. The molecule has 0 radical (unpaired) electrons. The van der Waals surface area contributed by atoms with Gasteiger partial charge in [0.05, 0.1) is 11.0 Å². The molecule has 23 heavy (non-hydrogen) atoms. The number of rotatable bonds is 3. The highest BCUT2D eigenvalue weighted by molar-refractivity contribution is 5.75. The van der Waals surface area contributed by atoms with E-state index < -0.39 is 0 Å². The van der Waals surface area contributed by atoms with Gasteiger partial charge in [0, 0.05) is 29.9 Å². The molecule has 1 fully saturated rings. The fraction of sp³-hybridized carbons (Fsp3) is 0.316. The zero-order valence-electron chi connectivity index (χ0n) is 13.0. The Bertz CT molecular complexity index is 770. The molecule has 1 N–H and O–H groups in total. The second kappa shape index (κ2) is 6.13. The van der Waals surface area contributed by atoms with Gasteiger partial charge < -0.3 is 4.98 Å². The molecule has 0 aliphatic carbocycles. The van der Waals surface area contributed by atoms with E-state index in [-0.39, 0.29) is 5.82 Å². The van der Waals surface area contributed by atoms with Crippen molar-refractivity contribution in [1.29, 1.82) is 0 Å². The smallest absolute Gasteiger partial charge is 0.127 e. The van der Waals surface area contributed by atoms with Crippen molar-refractivity contribution in [2.75, 3.05) is 13.1 Å². The summed E-state index contributed by atoms with van der Waals surface area (Å²) < 4.78 is 13.8. The van der Waals surface area contributed by atoms with Crippen molar-refractivity contribution < 1.29 is 4.39 Å². The molecule has 0 atom stereocenters. The summed E-state index contributed by atoms with van der Waals surface area (Å²) in [6, 6.07) is 13.3. The number of pyridine rings is 1. The molecule has 1 saturated heterocycles. The third-order valence-electron chi connectivity index (χ3n) is 4.79. The fourth-order valence-electron chi connectivity index (χ4n) is 3.47. The van der Waals surface area contributed by atoms with Crippen molar-refractivity contribution in [3.63, 3.8) is 0 Å². The quantitative estimate of drug-likeness (QED) is 0.790. The normalized spacial score (nSPS) is 16.9. The van der Waals surface area contributed by atoms with E-state index in [1.807, 2.05) is 24.4 Å². The van der Waals surface area contributed by atoms with Crippen LogP contribution in [-0.2, 0) is 6.54 Å². The molecule has 0 spiro atoms. The monoisotopic (exact) mass is 309 g/mol. The Hall–Kier alpha value is -2.20. The van der Waals surface area contributed by atoms with Gasteiger partial charge in [-0.05, 0) is 50.2 Å². The number of nitrogens with one attached hydrogen (secondary N) is 1. The van der Waals surface area contributed by atoms with E-state index in [1.165, 1.54) is 5.69 Å². The minimum atomic E-state index is -0.101. The lowest BCUT2D eigenvalue weighted by atomic mass is 9.93. The SMILES string of the molecule is Fc1ccccc1CN1CCC(c2cc3ncccc3[nH]2)CC1. The van der Waals surface area contributed by atoms with Crippen LogP contribution < -0.4 is 0 Å². The lowest BCUT2D eigenvalue weighted by molar-refractivity contribution is 0.201. The number of nitrogens with zero attached hydrogens (tertiary/aromatic N) is 2. The molecular weight excluding hydrogens is 289 g/mol. The van der Waals surface area contributed by atoms with Crippen molar-refractivity contribution >= 4 is 11.0 Å². The summed E-state index contributed by atoms with van der Waals surface area (Å²) in [6.07, 6.45) is 4.03. The minimum Gasteiger partial charge on any atom is -0.357 e. The van der Waals surface area contributed by atoms with Crippen LogP contribution in [-0.4, -0.2) is 28.0 Å². The maximum Gasteiger partial charge on any atom is 0.127 e. The highest BCUT2D eigenvalue weighted by Gasteiger charge is 2.22. The molecule has 0 unspecified atom stereocenters. The van der Waals surface area contributed by atoms with Crippen LogP contribution in [0.2, 0.25) is 0 Å². The zero-order chi connectivity index (χ0) is 15.6. The molecule has 0 amide bonds. The molecule has 2 aromatic heterocycles. The van der Waals surface area contributed by atoms with Gasteiger partial charge in [-0.2, -0.15) is 0 Å². The van der Waals surface area contributed by atoms with Gasteiger partial charge in [-0.3, -0.25) is 9.88 Å². The molecule has 4 heteroatoms. The number of hydrogen-bond donors (Lipinski definition) is 1. The predicted molar refractivity (Wildman–Crippen MR) is 89.7 cm³/mol. The van der Waals surface area contributed by atoms with Crippen LogP contribution in [0.1, 0.15) is 30.0 Å². The van der Waals surface area contributed by atoms with Crippen molar-refractivity contribution in [3.05, 3.63) is 65.7 Å². The standard InChI is InChI=1S/C19H20FN3/c20-16-5-2-1-4-15(16)13-23-10-7-14(8-11-23)18-12-19-17(22-18)6-3-9-21-19/h1-6,9,12,14,22H,7-8,10-11,13H2. The molecule has 118 valence electrons. The van der Waals surface area contributed by atoms with Crippen LogP contribution in [0, 0.1) is 5.82 Å². The number of fused-ring (bicyclic) bond motifs is 1. The number of benzene rings is 1. The average Bonchev–Trinajstić information content (AvgIpc) is 3.02. The highest BCUT2D eigenvalue weighted by atomic mass is 19.1. The molecule has 3 heterocycles. The van der Waals surface area contributed by atoms with Crippen LogP contribution in [0.25, 0.3) is 11.0 Å². The maximum absolute atomic E-state index is 13.8. The third kappa shape index (κ3) is 2.99. The van der Waals surface area contributed by atoms with E-state index >= 15 is 0 Å². The van der Waals surface area contributed by atoms with Crippen molar-refractivity contribution in [3.8, 4) is 0 Å². The number of piperidine rings is 1. The third-order valence-corrected chi connectivity index (χ3v) is 4.79. The van der Waals surface area contributed by atoms with Gasteiger partial charge in [0.15, 0.2) is 0 Å². The first-order chi connectivity index (χ1) is 11.3. The molecule has 4 rings (SSSR count). The van der Waals surface area contributed by atoms with Crippen LogP contribution in [0.3, 0.4) is 0 Å². The number of likely N-dealkylation sites (tertiary alicyclic amines) is 1. The van der Waals surface area contributed by atoms with Gasteiger partial charge in [-0.15, -0.1) is 0 Å². The fourth-order valence-corrected chi connectivity index (χ4v) is 3.47. The Morgan fingerprint density at radius 1 is 1.13 bits per heavy atom. The highest BCUT2D eigenvalue weighted by Crippen LogP contribution is 2.30. The number of aromatic amines is 1. The van der Waals surface area contributed by atoms with Gasteiger partial charge in [-0.25, -0.2) is 4.39 Å². The topological polar surface area (TPSA) is 31.9 Å². The predicted octanol–water partition coefficient (Wildman–Crippen LogP) is 4.08. The van der Waals surface area contributed by atoms with Gasteiger partial charge >= 0.3 is 0 Å². The lowest BCUT2D eigenvalue weighted by Gasteiger charge is -2.31. The zero-order valence-corrected chi connectivity index (χ0v) is 13.0. The molecule has 1 aliphatic rings. The summed E-state index contributed by atoms with van der Waals surface area (Å²) in [5, 5.41) is 0. The van der Waals surface area contributed by atoms with Crippen LogP contribution in [0.5, 0.6) is 0 Å². The first kappa shape index (κ1) is 14.4. The average molecular weight is 309 g/mol. The Kier molecular flexibility index (Phi) is 3.83. The molecule has 3 aromatic rings. The first-order valence-corrected chi connectivity index (χ1v) is 8.19. The van der Waals surface area contributed by atoms with E-state index in [4.69, 9.17) is 0 Å². The van der Waals surface area contributed by atoms with Crippen molar-refractivity contribution in [2.24, 2.45) is 0 Å². The Morgan fingerprint density at radius 2 is 1.96 bits per heavy atom. The van der Waals surface area contributed by atoms with E-state index in [1.54, 1.807) is 12.1 Å². The van der Waals surface area contributed by atoms with E-state index in [0.29, 0.717) is 12.5 Å². The summed E-state index contributed by atoms with van der Waals surface area (Å²) in [7, 11) is 0. The Balaban J connectivity index is 1.41. The first-order valence-electron chi connectivity index (χ1n) is 8.19. The summed E-state index contributed by atoms with van der Waals surface area (Å²) >= 11 is 0. The van der Waals surface area contributed by atoms with Gasteiger partial charge in [0.1, 0.15) is 5.82 Å². The minimum absolute atomic E-state index is 0.101. The summed E-state index contributed by atoms with van der Waals surface area (Å²) in [6.45, 7) is 2.71. The summed E-state index contributed by atoms with van der Waals surface area (Å²) in [4.78, 5) is 10.2. The van der Waals surface area contributed by atoms with Crippen molar-refractivity contribution in [1.82, 2.24) is 14.9 Å². The second-order valence-electron chi connectivity index (χ2n) is 6.30. The number of hydrogen-bond acceptors (Lipinski definition) is 2. The largest absolute Gasteiger partial charge is 0.357 e. The molecule has 0 saturated carbocycles. The number of H-pyrrole nitrogens is 1. The number of halogens is 1. The number of aromatic nitrogens is 2. The molecule has 0 bridgehead atoms.